The van der Waals surface area contributed by atoms with Crippen molar-refractivity contribution in [1.82, 2.24) is 4.98 Å². The Morgan fingerprint density at radius 1 is 1.62 bits per heavy atom. The van der Waals surface area contributed by atoms with Gasteiger partial charge >= 0.3 is 5.97 Å². The topological polar surface area (TPSA) is 65.2 Å². The van der Waals surface area contributed by atoms with Crippen LogP contribution in [-0.2, 0) is 16.0 Å². The Morgan fingerprint density at radius 3 is 2.88 bits per heavy atom. The fourth-order valence-corrected chi connectivity index (χ4v) is 1.17. The zero-order valence-electron chi connectivity index (χ0n) is 8.74. The molecule has 0 bridgehead atoms. The maximum absolute atomic E-state index is 12.4. The largest absolute Gasteiger partial charge is 0.466 e. The van der Waals surface area contributed by atoms with Gasteiger partial charge in [0.15, 0.2) is 0 Å². The predicted molar refractivity (Wildman–Crippen MR) is 53.9 cm³/mol. The third-order valence-corrected chi connectivity index (χ3v) is 1.91. The molecule has 6 heteroatoms. The summed E-state index contributed by atoms with van der Waals surface area (Å²) < 4.78 is 29.4. The normalized spacial score (nSPS) is 10.5. The molecule has 1 aromatic rings. The molecular formula is C10H12F2N2O2. The van der Waals surface area contributed by atoms with Gasteiger partial charge in [-0.3, -0.25) is 4.79 Å². The van der Waals surface area contributed by atoms with E-state index in [1.54, 1.807) is 6.92 Å². The maximum atomic E-state index is 12.4. The average molecular weight is 230 g/mol. The summed E-state index contributed by atoms with van der Waals surface area (Å²) in [7, 11) is 0. The fraction of sp³-hybridized carbons (Fsp3) is 0.400. The van der Waals surface area contributed by atoms with E-state index in [2.05, 4.69) is 4.98 Å². The van der Waals surface area contributed by atoms with E-state index in [4.69, 9.17) is 10.5 Å². The van der Waals surface area contributed by atoms with E-state index in [0.717, 1.165) is 6.20 Å². The molecule has 0 aliphatic carbocycles. The highest BCUT2D eigenvalue weighted by Crippen LogP contribution is 2.21. The van der Waals surface area contributed by atoms with Crippen molar-refractivity contribution in [2.45, 2.75) is 19.8 Å². The first-order valence-corrected chi connectivity index (χ1v) is 4.72. The van der Waals surface area contributed by atoms with Crippen LogP contribution in [0.5, 0.6) is 0 Å². The second-order valence-electron chi connectivity index (χ2n) is 3.10. The van der Waals surface area contributed by atoms with Gasteiger partial charge in [0, 0.05) is 17.3 Å². The van der Waals surface area contributed by atoms with Crippen LogP contribution in [0, 0.1) is 0 Å². The summed E-state index contributed by atoms with van der Waals surface area (Å²) in [5.41, 5.74) is 5.47. The van der Waals surface area contributed by atoms with Crippen LogP contribution in [-0.4, -0.2) is 17.6 Å². The van der Waals surface area contributed by atoms with E-state index in [1.807, 2.05) is 0 Å². The molecule has 0 atom stereocenters. The molecule has 88 valence electrons. The van der Waals surface area contributed by atoms with Crippen LogP contribution in [0.2, 0.25) is 0 Å². The molecule has 0 saturated carbocycles. The van der Waals surface area contributed by atoms with Gasteiger partial charge in [0.1, 0.15) is 5.82 Å². The molecule has 0 aromatic carbocycles. The minimum atomic E-state index is -2.63. The minimum absolute atomic E-state index is 0.0671. The molecule has 1 heterocycles. The number of anilines is 1. The van der Waals surface area contributed by atoms with Crippen molar-refractivity contribution in [3.63, 3.8) is 0 Å². The number of aromatic nitrogens is 1. The van der Waals surface area contributed by atoms with Crippen LogP contribution in [0.1, 0.15) is 24.5 Å². The molecular weight excluding hydrogens is 218 g/mol. The van der Waals surface area contributed by atoms with Crippen molar-refractivity contribution in [1.29, 1.82) is 0 Å². The maximum Gasteiger partial charge on any atom is 0.310 e. The van der Waals surface area contributed by atoms with Gasteiger partial charge in [0.25, 0.3) is 6.43 Å². The van der Waals surface area contributed by atoms with Gasteiger partial charge < -0.3 is 10.5 Å². The van der Waals surface area contributed by atoms with Crippen molar-refractivity contribution >= 4 is 11.8 Å². The third-order valence-electron chi connectivity index (χ3n) is 1.91. The van der Waals surface area contributed by atoms with Gasteiger partial charge in [0.2, 0.25) is 0 Å². The van der Waals surface area contributed by atoms with Gasteiger partial charge in [-0.05, 0) is 13.0 Å². The van der Waals surface area contributed by atoms with Gasteiger partial charge in [-0.2, -0.15) is 0 Å². The number of carbonyl (C=O) groups is 1. The predicted octanol–water partition coefficient (Wildman–Crippen LogP) is 1.71. The molecule has 0 spiro atoms. The fourth-order valence-electron chi connectivity index (χ4n) is 1.17. The Balaban J connectivity index is 2.86. The first-order valence-electron chi connectivity index (χ1n) is 4.72. The lowest BCUT2D eigenvalue weighted by Gasteiger charge is -2.07. The summed E-state index contributed by atoms with van der Waals surface area (Å²) in [6.07, 6.45) is -1.78. The van der Waals surface area contributed by atoms with Crippen molar-refractivity contribution < 1.29 is 18.3 Å². The SMILES string of the molecule is CCOC(=O)Cc1cc(C(F)F)cnc1N. The summed E-state index contributed by atoms with van der Waals surface area (Å²) >= 11 is 0. The third kappa shape index (κ3) is 3.15. The number of hydrogen-bond donors (Lipinski definition) is 1. The number of nitrogens with zero attached hydrogens (tertiary/aromatic N) is 1. The number of alkyl halides is 2. The second kappa shape index (κ2) is 5.39. The lowest BCUT2D eigenvalue weighted by atomic mass is 10.1. The summed E-state index contributed by atoms with van der Waals surface area (Å²) in [5, 5.41) is 0. The van der Waals surface area contributed by atoms with Crippen LogP contribution in [0.3, 0.4) is 0 Å². The van der Waals surface area contributed by atoms with E-state index in [-0.39, 0.29) is 30.0 Å². The van der Waals surface area contributed by atoms with Crippen molar-refractivity contribution in [3.05, 3.63) is 23.4 Å². The second-order valence-corrected chi connectivity index (χ2v) is 3.10. The van der Waals surface area contributed by atoms with Crippen molar-refractivity contribution in [2.24, 2.45) is 0 Å². The number of nitrogen functional groups attached to an aromatic ring is 1. The molecule has 4 nitrogen and oxygen atoms in total. The zero-order chi connectivity index (χ0) is 12.1. The molecule has 0 unspecified atom stereocenters. The number of esters is 1. The van der Waals surface area contributed by atoms with E-state index < -0.39 is 12.4 Å². The standard InChI is InChI=1S/C10H12F2N2O2/c1-2-16-8(15)4-6-3-7(9(11)12)5-14-10(6)13/h3,5,9H,2,4H2,1H3,(H2,13,14). The Morgan fingerprint density at radius 2 is 2.31 bits per heavy atom. The molecule has 0 aliphatic heterocycles. The zero-order valence-corrected chi connectivity index (χ0v) is 8.74. The lowest BCUT2D eigenvalue weighted by Crippen LogP contribution is -2.10. The first-order chi connectivity index (χ1) is 7.54. The average Bonchev–Trinajstić information content (AvgIpc) is 2.21. The van der Waals surface area contributed by atoms with Gasteiger partial charge in [0.05, 0.1) is 13.0 Å². The molecule has 1 aromatic heterocycles. The molecule has 0 radical (unpaired) electrons. The molecule has 0 fully saturated rings. The van der Waals surface area contributed by atoms with Crippen molar-refractivity contribution in [2.75, 3.05) is 12.3 Å². The summed E-state index contributed by atoms with van der Waals surface area (Å²) in [4.78, 5) is 14.8. The Bertz CT molecular complexity index is 383. The molecule has 0 aliphatic rings. The number of halogens is 2. The smallest absolute Gasteiger partial charge is 0.310 e. The number of rotatable bonds is 4. The number of carbonyl (C=O) groups excluding carboxylic acids is 1. The van der Waals surface area contributed by atoms with E-state index in [9.17, 15) is 13.6 Å². The molecule has 0 saturated heterocycles. The Hall–Kier alpha value is -1.72. The highest BCUT2D eigenvalue weighted by Gasteiger charge is 2.13. The molecule has 0 amide bonds. The van der Waals surface area contributed by atoms with Crippen LogP contribution in [0.15, 0.2) is 12.3 Å². The van der Waals surface area contributed by atoms with E-state index >= 15 is 0 Å². The van der Waals surface area contributed by atoms with Crippen LogP contribution in [0.4, 0.5) is 14.6 Å². The monoisotopic (exact) mass is 230 g/mol. The Kier molecular flexibility index (Phi) is 4.16. The number of pyridine rings is 1. The molecule has 16 heavy (non-hydrogen) atoms. The molecule has 2 N–H and O–H groups in total. The first kappa shape index (κ1) is 12.4. The van der Waals surface area contributed by atoms with Crippen LogP contribution < -0.4 is 5.73 Å². The van der Waals surface area contributed by atoms with E-state index in [1.165, 1.54) is 6.07 Å². The number of ether oxygens (including phenoxy) is 1. The quantitative estimate of drug-likeness (QED) is 0.799. The number of nitrogens with two attached hydrogens (primary N) is 1. The Labute approximate surface area is 91.4 Å². The van der Waals surface area contributed by atoms with Gasteiger partial charge in [-0.15, -0.1) is 0 Å². The van der Waals surface area contributed by atoms with Crippen LogP contribution >= 0.6 is 0 Å². The summed E-state index contributed by atoms with van der Waals surface area (Å²) in [6.45, 7) is 1.90. The van der Waals surface area contributed by atoms with Crippen LogP contribution in [0.25, 0.3) is 0 Å². The summed E-state index contributed by atoms with van der Waals surface area (Å²) in [5.74, 6) is -0.445. The van der Waals surface area contributed by atoms with Crippen molar-refractivity contribution in [3.8, 4) is 0 Å². The highest BCUT2D eigenvalue weighted by atomic mass is 19.3. The molecule has 1 rings (SSSR count). The van der Waals surface area contributed by atoms with E-state index in [0.29, 0.717) is 0 Å². The number of hydrogen-bond acceptors (Lipinski definition) is 4. The van der Waals surface area contributed by atoms with Gasteiger partial charge in [-0.1, -0.05) is 0 Å². The minimum Gasteiger partial charge on any atom is -0.466 e. The van der Waals surface area contributed by atoms with Gasteiger partial charge in [-0.25, -0.2) is 13.8 Å². The summed E-state index contributed by atoms with van der Waals surface area (Å²) in [6, 6.07) is 1.17. The lowest BCUT2D eigenvalue weighted by molar-refractivity contribution is -0.142. The highest BCUT2D eigenvalue weighted by molar-refractivity contribution is 5.74.